The molecular formula is C22H26N2O5S. The van der Waals surface area contributed by atoms with Crippen LogP contribution in [0, 0.1) is 5.92 Å². The van der Waals surface area contributed by atoms with E-state index in [-0.39, 0.29) is 33.6 Å². The summed E-state index contributed by atoms with van der Waals surface area (Å²) in [5, 5.41) is 2.51. The molecule has 1 saturated carbocycles. The van der Waals surface area contributed by atoms with E-state index >= 15 is 0 Å². The molecule has 1 unspecified atom stereocenters. The first-order valence-corrected chi connectivity index (χ1v) is 12.0. The van der Waals surface area contributed by atoms with Crippen molar-refractivity contribution in [3.63, 3.8) is 0 Å². The molecule has 2 amide bonds. The molecule has 1 N–H and O–H groups in total. The van der Waals surface area contributed by atoms with Crippen LogP contribution in [0.5, 0.6) is 0 Å². The monoisotopic (exact) mass is 430 g/mol. The summed E-state index contributed by atoms with van der Waals surface area (Å²) in [6.45, 7) is 0.893. The first kappa shape index (κ1) is 20.7. The molecule has 1 aliphatic carbocycles. The molecule has 8 heteroatoms. The number of benzene rings is 1. The Hall–Kier alpha value is -2.61. The Morgan fingerprint density at radius 2 is 1.83 bits per heavy atom. The van der Waals surface area contributed by atoms with Crippen molar-refractivity contribution in [2.24, 2.45) is 5.92 Å². The molecule has 0 spiro atoms. The lowest BCUT2D eigenvalue weighted by molar-refractivity contribution is -0.121. The van der Waals surface area contributed by atoms with E-state index in [1.54, 1.807) is 41.3 Å². The zero-order valence-electron chi connectivity index (χ0n) is 16.7. The topological polar surface area (TPSA) is 96.7 Å². The fraction of sp³-hybridized carbons (Fsp3) is 0.455. The Labute approximate surface area is 176 Å². The van der Waals surface area contributed by atoms with Gasteiger partial charge in [-0.05, 0) is 56.0 Å². The maximum absolute atomic E-state index is 12.8. The molecular weight excluding hydrogens is 404 g/mol. The smallest absolute Gasteiger partial charge is 0.289 e. The summed E-state index contributed by atoms with van der Waals surface area (Å²) in [6, 6.07) is 9.76. The number of carbonyl (C=O) groups excluding carboxylic acids is 2. The van der Waals surface area contributed by atoms with Crippen LogP contribution in [-0.2, 0) is 14.6 Å². The lowest BCUT2D eigenvalue weighted by Gasteiger charge is -2.31. The van der Waals surface area contributed by atoms with E-state index in [2.05, 4.69) is 5.32 Å². The third-order valence-electron chi connectivity index (χ3n) is 5.98. The third kappa shape index (κ3) is 4.28. The van der Waals surface area contributed by atoms with Crippen molar-refractivity contribution in [2.75, 3.05) is 18.4 Å². The second kappa shape index (κ2) is 8.63. The molecule has 2 heterocycles. The van der Waals surface area contributed by atoms with Gasteiger partial charge >= 0.3 is 0 Å². The molecule has 1 aromatic carbocycles. The number of rotatable bonds is 5. The number of nitrogens with zero attached hydrogens (tertiary/aromatic N) is 1. The third-order valence-corrected chi connectivity index (χ3v) is 8.24. The predicted octanol–water partition coefficient (Wildman–Crippen LogP) is 3.49. The largest absolute Gasteiger partial charge is 0.459 e. The average molecular weight is 431 g/mol. The summed E-state index contributed by atoms with van der Waals surface area (Å²) < 4.78 is 30.9. The Morgan fingerprint density at radius 1 is 1.03 bits per heavy atom. The highest BCUT2D eigenvalue weighted by molar-refractivity contribution is 7.92. The van der Waals surface area contributed by atoms with E-state index in [0.29, 0.717) is 38.0 Å². The molecule has 2 fully saturated rings. The fourth-order valence-electron chi connectivity index (χ4n) is 4.32. The number of anilines is 1. The van der Waals surface area contributed by atoms with E-state index < -0.39 is 9.84 Å². The van der Waals surface area contributed by atoms with Crippen LogP contribution in [0.1, 0.15) is 49.1 Å². The highest BCUT2D eigenvalue weighted by Gasteiger charge is 2.32. The highest BCUT2D eigenvalue weighted by atomic mass is 32.2. The van der Waals surface area contributed by atoms with Crippen molar-refractivity contribution in [2.45, 2.75) is 48.7 Å². The van der Waals surface area contributed by atoms with Crippen LogP contribution < -0.4 is 5.32 Å². The number of nitrogens with one attached hydrogen (secondary N) is 1. The van der Waals surface area contributed by atoms with Gasteiger partial charge in [0.25, 0.3) is 5.91 Å². The van der Waals surface area contributed by atoms with Gasteiger partial charge < -0.3 is 14.6 Å². The van der Waals surface area contributed by atoms with Gasteiger partial charge in [-0.1, -0.05) is 18.9 Å². The number of amides is 2. The normalized spacial score (nSPS) is 20.3. The van der Waals surface area contributed by atoms with Crippen molar-refractivity contribution in [1.29, 1.82) is 0 Å². The van der Waals surface area contributed by atoms with Crippen LogP contribution in [-0.4, -0.2) is 43.5 Å². The van der Waals surface area contributed by atoms with E-state index in [0.717, 1.165) is 19.3 Å². The Kier molecular flexibility index (Phi) is 5.94. The molecule has 1 saturated heterocycles. The standard InChI is InChI=1S/C22H26N2O5S/c25-21(16-6-4-12-24(15-16)22(26)20-11-5-13-29-20)23-17-7-3-10-19(14-17)30(27,28)18-8-1-2-9-18/h3,5,7,10-11,13-14,16,18H,1-2,4,6,8-9,12,15H2,(H,23,25). The molecule has 4 rings (SSSR count). The van der Waals surface area contributed by atoms with Crippen LogP contribution in [0.25, 0.3) is 0 Å². The van der Waals surface area contributed by atoms with Gasteiger partial charge in [-0.3, -0.25) is 9.59 Å². The zero-order chi connectivity index (χ0) is 21.1. The number of sulfone groups is 1. The lowest BCUT2D eigenvalue weighted by Crippen LogP contribution is -2.43. The summed E-state index contributed by atoms with van der Waals surface area (Å²) in [6.07, 6.45) is 6.12. The van der Waals surface area contributed by atoms with Gasteiger partial charge in [0, 0.05) is 18.8 Å². The summed E-state index contributed by atoms with van der Waals surface area (Å²) in [7, 11) is -3.38. The number of hydrogen-bond acceptors (Lipinski definition) is 5. The van der Waals surface area contributed by atoms with Crippen LogP contribution in [0.15, 0.2) is 52.0 Å². The SMILES string of the molecule is O=C(Nc1cccc(S(=O)(=O)C2CCCC2)c1)C1CCCN(C(=O)c2ccco2)C1. The Morgan fingerprint density at radius 3 is 2.57 bits per heavy atom. The summed E-state index contributed by atoms with van der Waals surface area (Å²) in [4.78, 5) is 27.2. The zero-order valence-corrected chi connectivity index (χ0v) is 17.6. The van der Waals surface area contributed by atoms with Crippen LogP contribution in [0.3, 0.4) is 0 Å². The molecule has 160 valence electrons. The minimum Gasteiger partial charge on any atom is -0.459 e. The molecule has 2 aromatic rings. The maximum atomic E-state index is 12.8. The predicted molar refractivity (Wildman–Crippen MR) is 112 cm³/mol. The molecule has 30 heavy (non-hydrogen) atoms. The van der Waals surface area contributed by atoms with Crippen molar-refractivity contribution in [3.8, 4) is 0 Å². The fourth-order valence-corrected chi connectivity index (χ4v) is 6.22. The van der Waals surface area contributed by atoms with Crippen molar-refractivity contribution in [1.82, 2.24) is 4.90 Å². The number of likely N-dealkylation sites (tertiary alicyclic amines) is 1. The molecule has 0 bridgehead atoms. The van der Waals surface area contributed by atoms with Gasteiger partial charge in [0.2, 0.25) is 5.91 Å². The van der Waals surface area contributed by atoms with Gasteiger partial charge in [-0.15, -0.1) is 0 Å². The highest BCUT2D eigenvalue weighted by Crippen LogP contribution is 2.30. The number of hydrogen-bond donors (Lipinski definition) is 1. The number of furan rings is 1. The minimum atomic E-state index is -3.38. The number of carbonyl (C=O) groups is 2. The van der Waals surface area contributed by atoms with Gasteiger partial charge in [0.1, 0.15) is 0 Å². The Balaban J connectivity index is 1.43. The van der Waals surface area contributed by atoms with Gasteiger partial charge in [-0.25, -0.2) is 8.42 Å². The van der Waals surface area contributed by atoms with Gasteiger partial charge in [0.05, 0.1) is 22.3 Å². The first-order valence-electron chi connectivity index (χ1n) is 10.4. The van der Waals surface area contributed by atoms with Crippen molar-refractivity contribution >= 4 is 27.3 Å². The number of piperidine rings is 1. The van der Waals surface area contributed by atoms with E-state index in [1.165, 1.54) is 6.26 Å². The van der Waals surface area contributed by atoms with Crippen LogP contribution in [0.4, 0.5) is 5.69 Å². The molecule has 1 aromatic heterocycles. The van der Waals surface area contributed by atoms with E-state index in [4.69, 9.17) is 4.42 Å². The quantitative estimate of drug-likeness (QED) is 0.783. The minimum absolute atomic E-state index is 0.206. The van der Waals surface area contributed by atoms with Crippen LogP contribution in [0.2, 0.25) is 0 Å². The second-order valence-corrected chi connectivity index (χ2v) is 10.3. The van der Waals surface area contributed by atoms with Gasteiger partial charge in [0.15, 0.2) is 15.6 Å². The molecule has 1 atom stereocenters. The van der Waals surface area contributed by atoms with Crippen molar-refractivity contribution in [3.05, 3.63) is 48.4 Å². The average Bonchev–Trinajstić information content (AvgIpc) is 3.48. The molecule has 7 nitrogen and oxygen atoms in total. The maximum Gasteiger partial charge on any atom is 0.289 e. The van der Waals surface area contributed by atoms with Crippen LogP contribution >= 0.6 is 0 Å². The van der Waals surface area contributed by atoms with Gasteiger partial charge in [-0.2, -0.15) is 0 Å². The Bertz CT molecular complexity index is 1010. The first-order chi connectivity index (χ1) is 14.4. The summed E-state index contributed by atoms with van der Waals surface area (Å²) >= 11 is 0. The van der Waals surface area contributed by atoms with E-state index in [1.807, 2.05) is 0 Å². The van der Waals surface area contributed by atoms with Crippen molar-refractivity contribution < 1.29 is 22.4 Å². The van der Waals surface area contributed by atoms with E-state index in [9.17, 15) is 18.0 Å². The summed E-state index contributed by atoms with van der Waals surface area (Å²) in [5.74, 6) is -0.516. The summed E-state index contributed by atoms with van der Waals surface area (Å²) in [5.41, 5.74) is 0.466. The molecule has 1 aliphatic heterocycles. The lowest BCUT2D eigenvalue weighted by atomic mass is 9.96. The molecule has 2 aliphatic rings. The second-order valence-electron chi connectivity index (χ2n) is 8.04. The molecule has 0 radical (unpaired) electrons.